The summed E-state index contributed by atoms with van der Waals surface area (Å²) in [6, 6.07) is 26.1. The number of nitrogens with two attached hydrogens (primary N) is 1. The van der Waals surface area contributed by atoms with Crippen molar-refractivity contribution in [3.8, 4) is 0 Å². The topological polar surface area (TPSA) is 233 Å². The molecule has 0 heterocycles. The van der Waals surface area contributed by atoms with E-state index in [-0.39, 0.29) is 43.4 Å². The number of aliphatic hydroxyl groups is 1. The van der Waals surface area contributed by atoms with E-state index in [1.54, 1.807) is 42.5 Å². The van der Waals surface area contributed by atoms with Crippen LogP contribution in [0.5, 0.6) is 0 Å². The second-order valence-corrected chi connectivity index (χ2v) is 15.0. The summed E-state index contributed by atoms with van der Waals surface area (Å²) in [6.45, 7) is 1.52. The molecule has 0 bridgehead atoms. The zero-order valence-electron chi connectivity index (χ0n) is 24.9. The minimum Gasteiger partial charge on any atom is -0.397 e. The van der Waals surface area contributed by atoms with E-state index in [4.69, 9.17) is 5.73 Å². The van der Waals surface area contributed by atoms with Crippen molar-refractivity contribution in [2.24, 2.45) is 0 Å². The van der Waals surface area contributed by atoms with Crippen LogP contribution in [-0.2, 0) is 36.0 Å². The summed E-state index contributed by atoms with van der Waals surface area (Å²) in [4.78, 5) is -1.22. The van der Waals surface area contributed by atoms with E-state index >= 15 is 0 Å². The Bertz CT molecular complexity index is 2330. The molecule has 250 valence electrons. The number of nitrogen functional groups attached to an aromatic ring is 1. The molecule has 5 rings (SSSR count). The Kier molecular flexibility index (Phi) is 9.11. The Balaban J connectivity index is 1.57. The number of hydrogen-bond acceptors (Lipinski definition) is 10. The van der Waals surface area contributed by atoms with Crippen LogP contribution in [0.4, 0.5) is 28.4 Å². The lowest BCUT2D eigenvalue weighted by atomic mass is 9.79. The molecule has 16 heteroatoms. The fourth-order valence-corrected chi connectivity index (χ4v) is 6.95. The zero-order valence-corrected chi connectivity index (χ0v) is 27.4. The van der Waals surface area contributed by atoms with Crippen LogP contribution >= 0.6 is 0 Å². The molecule has 0 spiro atoms. The van der Waals surface area contributed by atoms with Crippen molar-refractivity contribution in [1.82, 2.24) is 0 Å². The lowest BCUT2D eigenvalue weighted by Crippen LogP contribution is -2.29. The van der Waals surface area contributed by atoms with Gasteiger partial charge in [0.15, 0.2) is 0 Å². The maximum absolute atomic E-state index is 12.5. The van der Waals surface area contributed by atoms with Crippen LogP contribution < -0.4 is 16.4 Å². The van der Waals surface area contributed by atoms with Crippen molar-refractivity contribution in [3.63, 3.8) is 0 Å². The number of aryl methyl sites for hydroxylation is 1. The molecule has 1 unspecified atom stereocenters. The van der Waals surface area contributed by atoms with Gasteiger partial charge in [0.25, 0.3) is 30.4 Å². The highest BCUT2D eigenvalue weighted by Crippen LogP contribution is 2.41. The van der Waals surface area contributed by atoms with Gasteiger partial charge in [-0.25, -0.2) is 0 Å². The highest BCUT2D eigenvalue weighted by molar-refractivity contribution is 7.86. The number of nitrogens with one attached hydrogen (secondary N) is 2. The molecule has 5 aromatic rings. The smallest absolute Gasteiger partial charge is 0.296 e. The summed E-state index contributed by atoms with van der Waals surface area (Å²) in [5, 5.41) is 18.5. The molecule has 5 aromatic carbocycles. The third-order valence-electron chi connectivity index (χ3n) is 7.53. The van der Waals surface area contributed by atoms with Crippen molar-refractivity contribution in [2.75, 3.05) is 16.4 Å². The van der Waals surface area contributed by atoms with Gasteiger partial charge in [0.1, 0.15) is 15.4 Å². The monoisotopic (exact) mass is 711 g/mol. The Morgan fingerprint density at radius 1 is 0.562 bits per heavy atom. The first-order valence-electron chi connectivity index (χ1n) is 13.9. The van der Waals surface area contributed by atoms with Gasteiger partial charge < -0.3 is 21.5 Å². The van der Waals surface area contributed by atoms with Crippen LogP contribution in [0.15, 0.2) is 124 Å². The summed E-state index contributed by atoms with van der Waals surface area (Å²) in [5.41, 5.74) is 6.13. The van der Waals surface area contributed by atoms with Crippen molar-refractivity contribution in [3.05, 3.63) is 131 Å². The molecule has 48 heavy (non-hydrogen) atoms. The van der Waals surface area contributed by atoms with Gasteiger partial charge in [-0.05, 0) is 95.9 Å². The molecular weight excluding hydrogens is 683 g/mol. The first-order valence-corrected chi connectivity index (χ1v) is 18.2. The minimum atomic E-state index is -4.79. The number of hydrogen-bond donors (Lipinski definition) is 7. The molecule has 0 fully saturated rings. The number of anilines is 5. The summed E-state index contributed by atoms with van der Waals surface area (Å²) < 4.78 is 99.6. The molecule has 13 nitrogen and oxygen atoms in total. The molecule has 1 atom stereocenters. The van der Waals surface area contributed by atoms with Crippen molar-refractivity contribution in [2.45, 2.75) is 27.2 Å². The first-order chi connectivity index (χ1) is 22.4. The van der Waals surface area contributed by atoms with Crippen LogP contribution in [0.1, 0.15) is 22.3 Å². The van der Waals surface area contributed by atoms with Crippen molar-refractivity contribution < 1.29 is 44.0 Å². The molecule has 0 aliphatic carbocycles. The third kappa shape index (κ3) is 7.19. The predicted molar refractivity (Wildman–Crippen MR) is 179 cm³/mol. The predicted octanol–water partition coefficient (Wildman–Crippen LogP) is 5.09. The number of rotatable bonds is 10. The second kappa shape index (κ2) is 12.7. The Morgan fingerprint density at radius 2 is 1.02 bits per heavy atom. The average Bonchev–Trinajstić information content (AvgIpc) is 3.01. The second-order valence-electron chi connectivity index (χ2n) is 10.8. The molecule has 0 amide bonds. The summed E-state index contributed by atoms with van der Waals surface area (Å²) in [7, 11) is -13.7. The van der Waals surface area contributed by atoms with Crippen LogP contribution in [0.25, 0.3) is 0 Å². The highest BCUT2D eigenvalue weighted by Gasteiger charge is 2.36. The lowest BCUT2D eigenvalue weighted by Gasteiger charge is -2.31. The number of para-hydroxylation sites is 1. The fourth-order valence-electron chi connectivity index (χ4n) is 5.11. The van der Waals surface area contributed by atoms with E-state index in [9.17, 15) is 44.0 Å². The zero-order chi connectivity index (χ0) is 35.1. The van der Waals surface area contributed by atoms with Crippen molar-refractivity contribution in [1.29, 1.82) is 0 Å². The molecule has 8 N–H and O–H groups in total. The third-order valence-corrected chi connectivity index (χ3v) is 10.2. The van der Waals surface area contributed by atoms with E-state index in [0.29, 0.717) is 17.1 Å². The number of benzene rings is 5. The Morgan fingerprint density at radius 3 is 1.50 bits per heavy atom. The quantitative estimate of drug-likeness (QED) is 0.0569. The normalized spacial score (nSPS) is 13.4. The standard InChI is InChI=1S/C32H29N3O10S3/c1-20-18-23(19-30(31(20)33)48(43,44)45)32(36,21-6-10-24(11-7-21)34-25-14-16-27(17-15-25)46(37,38)39)22-8-12-26(13-9-22)35-28-4-2-3-5-29(28)47(40,41)42/h2-19,34-36H,33H2,1H3,(H,37,38,39)(H,40,41,42)(H,43,44,45). The highest BCUT2D eigenvalue weighted by atomic mass is 32.2. The van der Waals surface area contributed by atoms with Gasteiger partial charge in [0.2, 0.25) is 0 Å². The summed E-state index contributed by atoms with van der Waals surface area (Å²) in [5.74, 6) is 0. The maximum Gasteiger partial charge on any atom is 0.296 e. The molecule has 0 aromatic heterocycles. The van der Waals surface area contributed by atoms with Gasteiger partial charge in [-0.1, -0.05) is 42.5 Å². The van der Waals surface area contributed by atoms with Gasteiger partial charge in [-0.3, -0.25) is 13.7 Å². The van der Waals surface area contributed by atoms with Crippen LogP contribution in [0, 0.1) is 6.92 Å². The fraction of sp³-hybridized carbons (Fsp3) is 0.0625. The molecule has 0 radical (unpaired) electrons. The first kappa shape index (κ1) is 34.5. The van der Waals surface area contributed by atoms with Gasteiger partial charge in [-0.2, -0.15) is 25.3 Å². The molecule has 0 saturated carbocycles. The van der Waals surface area contributed by atoms with E-state index in [2.05, 4.69) is 10.6 Å². The van der Waals surface area contributed by atoms with Crippen LogP contribution in [0.3, 0.4) is 0 Å². The Hall–Kier alpha value is -4.81. The van der Waals surface area contributed by atoms with E-state index < -0.39 is 40.9 Å². The molecular formula is C32H29N3O10S3. The van der Waals surface area contributed by atoms with Crippen molar-refractivity contribution >= 4 is 58.8 Å². The van der Waals surface area contributed by atoms with Crippen LogP contribution in [0.2, 0.25) is 0 Å². The van der Waals surface area contributed by atoms with Crippen LogP contribution in [-0.4, -0.2) is 44.0 Å². The minimum absolute atomic E-state index is 0.0563. The van der Waals surface area contributed by atoms with E-state index in [1.807, 2.05) is 0 Å². The SMILES string of the molecule is Cc1cc(C(O)(c2ccc(Nc3ccc(S(=O)(=O)O)cc3)cc2)c2ccc(Nc3ccccc3S(=O)(=O)O)cc2)cc(S(=O)(=O)O)c1N. The lowest BCUT2D eigenvalue weighted by molar-refractivity contribution is 0.125. The van der Waals surface area contributed by atoms with E-state index in [0.717, 1.165) is 6.07 Å². The maximum atomic E-state index is 12.5. The van der Waals surface area contributed by atoms with Gasteiger partial charge in [0, 0.05) is 17.1 Å². The Labute approximate surface area is 277 Å². The molecule has 0 aliphatic rings. The molecule has 0 saturated heterocycles. The summed E-state index contributed by atoms with van der Waals surface area (Å²) >= 11 is 0. The summed E-state index contributed by atoms with van der Waals surface area (Å²) in [6.07, 6.45) is 0. The average molecular weight is 712 g/mol. The van der Waals surface area contributed by atoms with E-state index in [1.165, 1.54) is 67.6 Å². The van der Waals surface area contributed by atoms with Gasteiger partial charge in [-0.15, -0.1) is 0 Å². The molecule has 0 aliphatic heterocycles. The largest absolute Gasteiger partial charge is 0.397 e. The van der Waals surface area contributed by atoms with Gasteiger partial charge >= 0.3 is 0 Å². The van der Waals surface area contributed by atoms with Gasteiger partial charge in [0.05, 0.1) is 16.3 Å².